The Hall–Kier alpha value is -3.32. The van der Waals surface area contributed by atoms with E-state index in [4.69, 9.17) is 21.1 Å². The van der Waals surface area contributed by atoms with Crippen molar-refractivity contribution < 1.29 is 8.83 Å². The van der Waals surface area contributed by atoms with Crippen LogP contribution in [-0.4, -0.2) is 15.0 Å². The van der Waals surface area contributed by atoms with Gasteiger partial charge in [-0.1, -0.05) is 0 Å². The van der Waals surface area contributed by atoms with Crippen molar-refractivity contribution in [2.45, 2.75) is 33.5 Å². The Kier molecular flexibility index (Phi) is 5.72. The van der Waals surface area contributed by atoms with Gasteiger partial charge in [0.25, 0.3) is 5.56 Å². The van der Waals surface area contributed by atoms with Crippen molar-refractivity contribution in [3.63, 3.8) is 0 Å². The highest BCUT2D eigenvalue weighted by molar-refractivity contribution is 7.80. The molecule has 0 amide bonds. The monoisotopic (exact) mass is 421 g/mol. The molecule has 0 fully saturated rings. The molecule has 0 saturated heterocycles. The van der Waals surface area contributed by atoms with Crippen molar-refractivity contribution in [1.82, 2.24) is 15.2 Å². The average Bonchev–Trinajstić information content (AvgIpc) is 3.42. The van der Waals surface area contributed by atoms with Crippen molar-refractivity contribution in [2.75, 3.05) is 0 Å². The van der Waals surface area contributed by atoms with Crippen LogP contribution in [-0.2, 0) is 19.6 Å². The number of nitrogens with zero attached hydrogens (tertiary/aromatic N) is 1. The second kappa shape index (κ2) is 8.59. The number of H-pyrrole nitrogens is 1. The molecular weight excluding hydrogens is 398 g/mol. The third-order valence-corrected chi connectivity index (χ3v) is 5.51. The van der Waals surface area contributed by atoms with Gasteiger partial charge < -0.3 is 24.0 Å². The van der Waals surface area contributed by atoms with Crippen molar-refractivity contribution in [1.29, 1.82) is 0 Å². The third kappa shape index (κ3) is 4.46. The molecule has 4 aromatic rings. The third-order valence-electron chi connectivity index (χ3n) is 5.10. The number of furan rings is 2. The molecule has 1 aromatic carbocycles. The van der Waals surface area contributed by atoms with E-state index >= 15 is 0 Å². The second-order valence-corrected chi connectivity index (χ2v) is 7.71. The molecule has 154 valence electrons. The number of aromatic nitrogens is 1. The van der Waals surface area contributed by atoms with E-state index in [0.717, 1.165) is 28.0 Å². The Morgan fingerprint density at radius 1 is 1.03 bits per heavy atom. The van der Waals surface area contributed by atoms with Gasteiger partial charge in [-0.15, -0.1) is 0 Å². The van der Waals surface area contributed by atoms with E-state index < -0.39 is 0 Å². The summed E-state index contributed by atoms with van der Waals surface area (Å²) in [5.74, 6) is 1.55. The number of thiocarbonyl (C=S) groups is 1. The number of rotatable bonds is 6. The number of benzene rings is 1. The minimum Gasteiger partial charge on any atom is -0.467 e. The van der Waals surface area contributed by atoms with Gasteiger partial charge in [0.05, 0.1) is 32.2 Å². The lowest BCUT2D eigenvalue weighted by Crippen LogP contribution is -2.39. The Bertz CT molecular complexity index is 1210. The van der Waals surface area contributed by atoms with Crippen LogP contribution in [0.2, 0.25) is 0 Å². The van der Waals surface area contributed by atoms with Crippen LogP contribution >= 0.6 is 12.2 Å². The molecule has 3 aromatic heterocycles. The maximum absolute atomic E-state index is 12.8. The van der Waals surface area contributed by atoms with Crippen molar-refractivity contribution in [3.8, 4) is 0 Å². The zero-order valence-electron chi connectivity index (χ0n) is 16.9. The van der Waals surface area contributed by atoms with Gasteiger partial charge in [0, 0.05) is 11.1 Å². The molecule has 0 unspecified atom stereocenters. The molecule has 0 saturated carbocycles. The van der Waals surface area contributed by atoms with Crippen LogP contribution in [0, 0.1) is 13.8 Å². The zero-order chi connectivity index (χ0) is 21.1. The van der Waals surface area contributed by atoms with E-state index in [9.17, 15) is 4.79 Å². The summed E-state index contributed by atoms with van der Waals surface area (Å²) in [4.78, 5) is 17.7. The van der Waals surface area contributed by atoms with Gasteiger partial charge in [-0.25, -0.2) is 0 Å². The lowest BCUT2D eigenvalue weighted by molar-refractivity contribution is 0.348. The number of aromatic amines is 1. The Labute approximate surface area is 179 Å². The van der Waals surface area contributed by atoms with Gasteiger partial charge in [-0.05, 0) is 85.0 Å². The summed E-state index contributed by atoms with van der Waals surface area (Å²) in [7, 11) is 0. The summed E-state index contributed by atoms with van der Waals surface area (Å²) in [6.07, 6.45) is 3.25. The van der Waals surface area contributed by atoms with E-state index in [0.29, 0.717) is 30.3 Å². The van der Waals surface area contributed by atoms with E-state index in [1.807, 2.05) is 48.2 Å². The first-order valence-corrected chi connectivity index (χ1v) is 10.1. The molecule has 0 bridgehead atoms. The molecule has 4 rings (SSSR count). The van der Waals surface area contributed by atoms with Gasteiger partial charge in [0.15, 0.2) is 5.11 Å². The number of fused-ring (bicyclic) bond motifs is 1. The molecule has 0 aliphatic rings. The molecule has 30 heavy (non-hydrogen) atoms. The number of hydrogen-bond acceptors (Lipinski definition) is 4. The van der Waals surface area contributed by atoms with Gasteiger partial charge in [0.2, 0.25) is 0 Å². The van der Waals surface area contributed by atoms with Crippen LogP contribution in [0.3, 0.4) is 0 Å². The zero-order valence-corrected chi connectivity index (χ0v) is 17.7. The molecule has 0 atom stereocenters. The number of pyridine rings is 1. The normalized spacial score (nSPS) is 11.0. The first-order valence-electron chi connectivity index (χ1n) is 9.70. The molecular formula is C23H23N3O3S. The number of hydrogen-bond donors (Lipinski definition) is 2. The molecule has 2 N–H and O–H groups in total. The van der Waals surface area contributed by atoms with Crippen LogP contribution in [0.25, 0.3) is 10.9 Å². The SMILES string of the molecule is Cc1cc2cc(CN(Cc3ccco3)C(=S)NCc3ccco3)c(=O)[nH]c2cc1C. The fraction of sp³-hybridized carbons (Fsp3) is 0.217. The molecule has 3 heterocycles. The lowest BCUT2D eigenvalue weighted by atomic mass is 10.0. The van der Waals surface area contributed by atoms with Crippen molar-refractivity contribution in [3.05, 3.63) is 93.6 Å². The van der Waals surface area contributed by atoms with Crippen LogP contribution in [0.4, 0.5) is 0 Å². The first-order chi connectivity index (χ1) is 14.5. The second-order valence-electron chi connectivity index (χ2n) is 7.32. The topological polar surface area (TPSA) is 74.4 Å². The van der Waals surface area contributed by atoms with E-state index in [1.54, 1.807) is 12.5 Å². The van der Waals surface area contributed by atoms with Crippen LogP contribution in [0.5, 0.6) is 0 Å². The summed E-state index contributed by atoms with van der Waals surface area (Å²) >= 11 is 5.62. The van der Waals surface area contributed by atoms with Crippen molar-refractivity contribution in [2.24, 2.45) is 0 Å². The average molecular weight is 422 g/mol. The minimum atomic E-state index is -0.121. The van der Waals surface area contributed by atoms with Crippen LogP contribution in [0.15, 0.2) is 68.6 Å². The van der Waals surface area contributed by atoms with Crippen molar-refractivity contribution >= 4 is 28.2 Å². The standard InChI is InChI=1S/C23H23N3O3S/c1-15-9-17-11-18(22(27)25-21(17)10-16(15)2)13-26(14-20-6-4-8-29-20)23(30)24-12-19-5-3-7-28-19/h3-11H,12-14H2,1-2H3,(H,24,30)(H,25,27). The fourth-order valence-electron chi connectivity index (χ4n) is 3.32. The molecule has 0 aliphatic carbocycles. The van der Waals surface area contributed by atoms with Crippen LogP contribution in [0.1, 0.15) is 28.2 Å². The first kappa shape index (κ1) is 20.0. The summed E-state index contributed by atoms with van der Waals surface area (Å²) in [5.41, 5.74) is 3.68. The van der Waals surface area contributed by atoms with Gasteiger partial charge in [-0.3, -0.25) is 4.79 Å². The molecule has 6 nitrogen and oxygen atoms in total. The largest absolute Gasteiger partial charge is 0.467 e. The van der Waals surface area contributed by atoms with Gasteiger partial charge in [-0.2, -0.15) is 0 Å². The molecule has 7 heteroatoms. The molecule has 0 spiro atoms. The van der Waals surface area contributed by atoms with E-state index in [-0.39, 0.29) is 5.56 Å². The fourth-order valence-corrected chi connectivity index (χ4v) is 3.52. The molecule has 0 aliphatic heterocycles. The quantitative estimate of drug-likeness (QED) is 0.449. The summed E-state index contributed by atoms with van der Waals surface area (Å²) in [5, 5.41) is 4.72. The summed E-state index contributed by atoms with van der Waals surface area (Å²) < 4.78 is 10.9. The lowest BCUT2D eigenvalue weighted by Gasteiger charge is -2.24. The molecule has 0 radical (unpaired) electrons. The highest BCUT2D eigenvalue weighted by atomic mass is 32.1. The van der Waals surface area contributed by atoms with Gasteiger partial charge >= 0.3 is 0 Å². The number of nitrogens with one attached hydrogen (secondary N) is 2. The summed E-state index contributed by atoms with van der Waals surface area (Å²) in [6.45, 7) is 5.36. The Morgan fingerprint density at radius 3 is 2.43 bits per heavy atom. The summed E-state index contributed by atoms with van der Waals surface area (Å²) in [6, 6.07) is 13.5. The Balaban J connectivity index is 1.60. The highest BCUT2D eigenvalue weighted by Crippen LogP contribution is 2.18. The highest BCUT2D eigenvalue weighted by Gasteiger charge is 2.16. The smallest absolute Gasteiger partial charge is 0.253 e. The maximum atomic E-state index is 12.8. The Morgan fingerprint density at radius 2 is 1.73 bits per heavy atom. The van der Waals surface area contributed by atoms with Gasteiger partial charge in [0.1, 0.15) is 11.5 Å². The van der Waals surface area contributed by atoms with E-state index in [1.165, 1.54) is 5.56 Å². The van der Waals surface area contributed by atoms with Crippen LogP contribution < -0.4 is 10.9 Å². The van der Waals surface area contributed by atoms with E-state index in [2.05, 4.69) is 23.3 Å². The predicted molar refractivity (Wildman–Crippen MR) is 120 cm³/mol. The predicted octanol–water partition coefficient (Wildman–Crippen LogP) is 4.41. The number of aryl methyl sites for hydroxylation is 2. The maximum Gasteiger partial charge on any atom is 0.253 e. The minimum absolute atomic E-state index is 0.121.